The summed E-state index contributed by atoms with van der Waals surface area (Å²) in [6, 6.07) is 11.0. The smallest absolute Gasteiger partial charge is 0.146 e. The molecule has 2 heteroatoms. The molecule has 0 spiro atoms. The highest BCUT2D eigenvalue weighted by Gasteiger charge is 2.22. The second-order valence-corrected chi connectivity index (χ2v) is 7.94. The highest BCUT2D eigenvalue weighted by Crippen LogP contribution is 2.12. The molecule has 1 nitrogen and oxygen atoms in total. The monoisotopic (exact) mass is 221 g/mol. The van der Waals surface area contributed by atoms with Crippen molar-refractivity contribution in [1.82, 2.24) is 4.57 Å². The zero-order valence-corrected chi connectivity index (χ0v) is 11.6. The van der Waals surface area contributed by atoms with Crippen LogP contribution in [0.1, 0.15) is 27.7 Å². The Hall–Kier alpha value is -0.603. The first kappa shape index (κ1) is 12.5. The minimum atomic E-state index is -0.947. The Morgan fingerprint density at radius 1 is 1.07 bits per heavy atom. The predicted molar refractivity (Wildman–Crippen MR) is 71.2 cm³/mol. The van der Waals surface area contributed by atoms with Crippen molar-refractivity contribution < 1.29 is 0 Å². The summed E-state index contributed by atoms with van der Waals surface area (Å²) >= 11 is 0. The summed E-state index contributed by atoms with van der Waals surface area (Å²) in [6.07, 6.45) is 0. The van der Waals surface area contributed by atoms with E-state index in [2.05, 4.69) is 62.6 Å². The Bertz CT molecular complexity index is 267. The molecule has 0 fully saturated rings. The van der Waals surface area contributed by atoms with Crippen molar-refractivity contribution in [3.8, 4) is 0 Å². The molecule has 0 bridgehead atoms. The largest absolute Gasteiger partial charge is 0.323 e. The van der Waals surface area contributed by atoms with Gasteiger partial charge in [0.25, 0.3) is 0 Å². The lowest BCUT2D eigenvalue weighted by molar-refractivity contribution is 0.477. The molecular formula is C13H23NSi. The first-order chi connectivity index (χ1) is 7.20. The fraction of sp³-hybridized carbons (Fsp3) is 0.538. The van der Waals surface area contributed by atoms with Crippen molar-refractivity contribution >= 4 is 14.1 Å². The summed E-state index contributed by atoms with van der Waals surface area (Å²) in [7, 11) is -0.947. The number of hydrogen-bond donors (Lipinski definition) is 0. The molecule has 0 aliphatic carbocycles. The van der Waals surface area contributed by atoms with Crippen molar-refractivity contribution in [1.29, 1.82) is 0 Å². The Labute approximate surface area is 95.8 Å². The second-order valence-electron chi connectivity index (χ2n) is 4.32. The van der Waals surface area contributed by atoms with Gasteiger partial charge in [0, 0.05) is 0 Å². The summed E-state index contributed by atoms with van der Waals surface area (Å²) in [5.74, 6) is 0. The fourth-order valence-electron chi connectivity index (χ4n) is 2.28. The molecule has 0 aromatic heterocycles. The van der Waals surface area contributed by atoms with Crippen LogP contribution in [0, 0.1) is 0 Å². The van der Waals surface area contributed by atoms with Gasteiger partial charge in [0.15, 0.2) is 0 Å². The summed E-state index contributed by atoms with van der Waals surface area (Å²) in [6.45, 7) is 11.6. The molecule has 0 saturated heterocycles. The van der Waals surface area contributed by atoms with E-state index in [4.69, 9.17) is 0 Å². The maximum atomic E-state index is 2.67. The normalized spacial score (nSPS) is 13.5. The average molecular weight is 221 g/mol. The molecule has 0 heterocycles. The van der Waals surface area contributed by atoms with Crippen molar-refractivity contribution in [3.05, 3.63) is 30.3 Å². The lowest BCUT2D eigenvalue weighted by atomic mass is 10.4. The molecule has 1 rings (SSSR count). The lowest BCUT2D eigenvalue weighted by Gasteiger charge is -2.31. The summed E-state index contributed by atoms with van der Waals surface area (Å²) in [5.41, 5.74) is 0.798. The van der Waals surface area contributed by atoms with Gasteiger partial charge in [0.2, 0.25) is 0 Å². The van der Waals surface area contributed by atoms with Gasteiger partial charge in [0.1, 0.15) is 8.96 Å². The third kappa shape index (κ3) is 3.18. The van der Waals surface area contributed by atoms with E-state index in [9.17, 15) is 0 Å². The highest BCUT2D eigenvalue weighted by atomic mass is 28.3. The fourth-order valence-corrected chi connectivity index (χ4v) is 5.72. The number of hydrogen-bond acceptors (Lipinski definition) is 1. The highest BCUT2D eigenvalue weighted by molar-refractivity contribution is 6.71. The van der Waals surface area contributed by atoms with Crippen LogP contribution in [-0.2, 0) is 0 Å². The molecule has 1 aromatic carbocycles. The minimum absolute atomic E-state index is 0.798. The van der Waals surface area contributed by atoms with Crippen LogP contribution in [0.15, 0.2) is 30.3 Å². The molecule has 0 amide bonds. The van der Waals surface area contributed by atoms with E-state index in [1.807, 2.05) is 0 Å². The van der Waals surface area contributed by atoms with Crippen LogP contribution >= 0.6 is 0 Å². The molecule has 1 atom stereocenters. The van der Waals surface area contributed by atoms with Crippen molar-refractivity contribution in [2.75, 3.05) is 13.1 Å². The van der Waals surface area contributed by atoms with Gasteiger partial charge < -0.3 is 4.57 Å². The van der Waals surface area contributed by atoms with E-state index in [0.29, 0.717) is 0 Å². The first-order valence-electron chi connectivity index (χ1n) is 5.99. The van der Waals surface area contributed by atoms with Crippen LogP contribution < -0.4 is 5.19 Å². The Morgan fingerprint density at radius 3 is 2.00 bits per heavy atom. The van der Waals surface area contributed by atoms with E-state index in [-0.39, 0.29) is 0 Å². The maximum Gasteiger partial charge on any atom is 0.146 e. The molecule has 0 radical (unpaired) electrons. The van der Waals surface area contributed by atoms with Crippen LogP contribution in [0.3, 0.4) is 0 Å². The average Bonchev–Trinajstić information content (AvgIpc) is 2.26. The van der Waals surface area contributed by atoms with Crippen LogP contribution in [0.4, 0.5) is 0 Å². The third-order valence-electron chi connectivity index (χ3n) is 2.98. The third-order valence-corrected chi connectivity index (χ3v) is 6.83. The topological polar surface area (TPSA) is 3.24 Å². The maximum absolute atomic E-state index is 2.67. The Morgan fingerprint density at radius 2 is 1.60 bits per heavy atom. The Balaban J connectivity index is 2.92. The van der Waals surface area contributed by atoms with E-state index >= 15 is 0 Å². The van der Waals surface area contributed by atoms with Crippen molar-refractivity contribution in [3.63, 3.8) is 0 Å². The van der Waals surface area contributed by atoms with Crippen LogP contribution in [-0.4, -0.2) is 26.6 Å². The van der Waals surface area contributed by atoms with Gasteiger partial charge in [-0.2, -0.15) is 0 Å². The molecular weight excluding hydrogens is 198 g/mol. The summed E-state index contributed by atoms with van der Waals surface area (Å²) in [5, 5.41) is 1.58. The Kier molecular flexibility index (Phi) is 5.06. The van der Waals surface area contributed by atoms with Crippen molar-refractivity contribution in [2.45, 2.75) is 33.2 Å². The molecule has 84 valence electrons. The number of benzene rings is 1. The van der Waals surface area contributed by atoms with Gasteiger partial charge >= 0.3 is 0 Å². The van der Waals surface area contributed by atoms with Crippen LogP contribution in [0.5, 0.6) is 0 Å². The van der Waals surface area contributed by atoms with Gasteiger partial charge in [-0.15, -0.1) is 0 Å². The van der Waals surface area contributed by atoms with E-state index in [1.54, 1.807) is 5.19 Å². The van der Waals surface area contributed by atoms with Crippen LogP contribution in [0.25, 0.3) is 0 Å². The zero-order valence-electron chi connectivity index (χ0n) is 10.4. The van der Waals surface area contributed by atoms with Gasteiger partial charge in [-0.1, -0.05) is 58.0 Å². The number of rotatable bonds is 5. The molecule has 0 N–H and O–H groups in total. The second kappa shape index (κ2) is 6.08. The van der Waals surface area contributed by atoms with Gasteiger partial charge in [-0.05, 0) is 23.8 Å². The molecule has 0 aliphatic heterocycles. The molecule has 0 aliphatic rings. The van der Waals surface area contributed by atoms with Gasteiger partial charge in [-0.25, -0.2) is 0 Å². The van der Waals surface area contributed by atoms with Crippen LogP contribution in [0.2, 0.25) is 5.54 Å². The van der Waals surface area contributed by atoms with E-state index in [1.165, 1.54) is 13.1 Å². The summed E-state index contributed by atoms with van der Waals surface area (Å²) < 4.78 is 2.67. The summed E-state index contributed by atoms with van der Waals surface area (Å²) in [4.78, 5) is 0. The van der Waals surface area contributed by atoms with Crippen molar-refractivity contribution in [2.24, 2.45) is 0 Å². The first-order valence-corrected chi connectivity index (χ1v) is 7.75. The molecule has 0 saturated carbocycles. The number of nitrogens with zero attached hydrogens (tertiary/aromatic N) is 1. The standard InChI is InChI=1S/C13H23NSi/c1-5-14(6-2)15(12(3)4)13-10-8-7-9-11-13/h7-12,15H,5-6H2,1-4H3. The lowest BCUT2D eigenvalue weighted by Crippen LogP contribution is -2.50. The minimum Gasteiger partial charge on any atom is -0.323 e. The van der Waals surface area contributed by atoms with Gasteiger partial charge in [-0.3, -0.25) is 0 Å². The predicted octanol–water partition coefficient (Wildman–Crippen LogP) is 2.37. The van der Waals surface area contributed by atoms with E-state index < -0.39 is 8.96 Å². The quantitative estimate of drug-likeness (QED) is 0.690. The molecule has 1 aromatic rings. The SMILES string of the molecule is CCN(CC)[SiH](c1ccccc1)C(C)C. The van der Waals surface area contributed by atoms with Gasteiger partial charge in [0.05, 0.1) is 0 Å². The van der Waals surface area contributed by atoms with E-state index in [0.717, 1.165) is 5.54 Å². The molecule has 1 unspecified atom stereocenters. The molecule has 15 heavy (non-hydrogen) atoms. The zero-order chi connectivity index (χ0) is 11.3.